The summed E-state index contributed by atoms with van der Waals surface area (Å²) in [5.74, 6) is 0.921. The fourth-order valence-electron chi connectivity index (χ4n) is 1.89. The van der Waals surface area contributed by atoms with Crippen molar-refractivity contribution in [2.24, 2.45) is 0 Å². The molecule has 0 bridgehead atoms. The van der Waals surface area contributed by atoms with Gasteiger partial charge in [0.15, 0.2) is 0 Å². The van der Waals surface area contributed by atoms with Crippen LogP contribution in [0.5, 0.6) is 0 Å². The average Bonchev–Trinajstić information content (AvgIpc) is 2.40. The van der Waals surface area contributed by atoms with E-state index in [0.717, 1.165) is 24.3 Å². The Morgan fingerprint density at radius 3 is 3.22 bits per heavy atom. The average molecular weight is 249 g/mol. The molecule has 5 heteroatoms. The SMILES string of the molecule is CCCNc1ncccc1CN1CCOCC1=O. The normalized spacial score (nSPS) is 15.8. The molecule has 1 aliphatic heterocycles. The molecule has 0 saturated carbocycles. The van der Waals surface area contributed by atoms with Crippen LogP contribution in [0.4, 0.5) is 5.82 Å². The van der Waals surface area contributed by atoms with Crippen LogP contribution >= 0.6 is 0 Å². The van der Waals surface area contributed by atoms with E-state index in [4.69, 9.17) is 4.74 Å². The first-order chi connectivity index (χ1) is 8.81. The molecule has 0 aliphatic carbocycles. The molecule has 0 unspecified atom stereocenters. The van der Waals surface area contributed by atoms with Crippen molar-refractivity contribution in [3.05, 3.63) is 23.9 Å². The number of rotatable bonds is 5. The maximum atomic E-state index is 11.7. The Hall–Kier alpha value is -1.62. The number of amides is 1. The van der Waals surface area contributed by atoms with Gasteiger partial charge < -0.3 is 15.0 Å². The summed E-state index contributed by atoms with van der Waals surface area (Å²) in [5, 5.41) is 3.29. The standard InChI is InChI=1S/C13H19N3O2/c1-2-5-14-13-11(4-3-6-15-13)9-16-7-8-18-10-12(16)17/h3-4,6H,2,5,7-10H2,1H3,(H,14,15). The minimum atomic E-state index is 0.0477. The van der Waals surface area contributed by atoms with E-state index in [1.54, 1.807) is 6.20 Å². The lowest BCUT2D eigenvalue weighted by Crippen LogP contribution is -2.41. The van der Waals surface area contributed by atoms with Gasteiger partial charge in [-0.15, -0.1) is 0 Å². The molecular weight excluding hydrogens is 230 g/mol. The van der Waals surface area contributed by atoms with Gasteiger partial charge in [0.05, 0.1) is 6.61 Å². The Kier molecular flexibility index (Phi) is 4.52. The van der Waals surface area contributed by atoms with Crippen molar-refractivity contribution in [3.63, 3.8) is 0 Å². The predicted molar refractivity (Wildman–Crippen MR) is 69.3 cm³/mol. The highest BCUT2D eigenvalue weighted by molar-refractivity contribution is 5.78. The Morgan fingerprint density at radius 1 is 1.56 bits per heavy atom. The molecule has 1 aromatic rings. The van der Waals surface area contributed by atoms with Crippen molar-refractivity contribution < 1.29 is 9.53 Å². The zero-order valence-electron chi connectivity index (χ0n) is 10.7. The summed E-state index contributed by atoms with van der Waals surface area (Å²) in [6, 6.07) is 3.91. The first kappa shape index (κ1) is 12.8. The molecule has 1 aliphatic rings. The van der Waals surface area contributed by atoms with Gasteiger partial charge in [-0.1, -0.05) is 13.0 Å². The summed E-state index contributed by atoms with van der Waals surface area (Å²) in [7, 11) is 0. The smallest absolute Gasteiger partial charge is 0.248 e. The summed E-state index contributed by atoms with van der Waals surface area (Å²) in [4.78, 5) is 17.8. The van der Waals surface area contributed by atoms with Crippen LogP contribution in [0.25, 0.3) is 0 Å². The number of aromatic nitrogens is 1. The van der Waals surface area contributed by atoms with Crippen molar-refractivity contribution in [2.75, 3.05) is 31.6 Å². The van der Waals surface area contributed by atoms with Crippen LogP contribution in [-0.4, -0.2) is 42.1 Å². The zero-order valence-corrected chi connectivity index (χ0v) is 10.7. The van der Waals surface area contributed by atoms with E-state index >= 15 is 0 Å². The van der Waals surface area contributed by atoms with Crippen LogP contribution in [0.2, 0.25) is 0 Å². The number of hydrogen-bond donors (Lipinski definition) is 1. The third kappa shape index (κ3) is 3.20. The first-order valence-corrected chi connectivity index (χ1v) is 6.34. The lowest BCUT2D eigenvalue weighted by molar-refractivity contribution is -0.143. The molecule has 1 N–H and O–H groups in total. The Bertz CT molecular complexity index is 409. The summed E-state index contributed by atoms with van der Waals surface area (Å²) in [6.07, 6.45) is 2.81. The second kappa shape index (κ2) is 6.35. The van der Waals surface area contributed by atoms with E-state index in [0.29, 0.717) is 19.7 Å². The first-order valence-electron chi connectivity index (χ1n) is 6.34. The molecular formula is C13H19N3O2. The summed E-state index contributed by atoms with van der Waals surface area (Å²) in [6.45, 7) is 5.06. The molecule has 1 aromatic heterocycles. The van der Waals surface area contributed by atoms with Crippen LogP contribution in [0.3, 0.4) is 0 Å². The Balaban J connectivity index is 2.05. The zero-order chi connectivity index (χ0) is 12.8. The number of nitrogens with one attached hydrogen (secondary N) is 1. The van der Waals surface area contributed by atoms with Gasteiger partial charge in [0, 0.05) is 31.4 Å². The topological polar surface area (TPSA) is 54.5 Å². The second-order valence-electron chi connectivity index (χ2n) is 4.31. The maximum absolute atomic E-state index is 11.7. The van der Waals surface area contributed by atoms with Crippen molar-refractivity contribution in [2.45, 2.75) is 19.9 Å². The van der Waals surface area contributed by atoms with E-state index in [2.05, 4.69) is 17.2 Å². The van der Waals surface area contributed by atoms with Crippen LogP contribution in [-0.2, 0) is 16.1 Å². The van der Waals surface area contributed by atoms with Crippen molar-refractivity contribution in [3.8, 4) is 0 Å². The van der Waals surface area contributed by atoms with Crippen molar-refractivity contribution in [1.29, 1.82) is 0 Å². The van der Waals surface area contributed by atoms with Gasteiger partial charge in [-0.05, 0) is 12.5 Å². The highest BCUT2D eigenvalue weighted by atomic mass is 16.5. The highest BCUT2D eigenvalue weighted by Gasteiger charge is 2.19. The third-order valence-corrected chi connectivity index (χ3v) is 2.88. The predicted octanol–water partition coefficient (Wildman–Crippen LogP) is 1.26. The number of carbonyl (C=O) groups excluding carboxylic acids is 1. The monoisotopic (exact) mass is 249 g/mol. The maximum Gasteiger partial charge on any atom is 0.248 e. The molecule has 0 aromatic carbocycles. The van der Waals surface area contributed by atoms with Gasteiger partial charge in [0.25, 0.3) is 0 Å². The quantitative estimate of drug-likeness (QED) is 0.853. The molecule has 98 valence electrons. The summed E-state index contributed by atoms with van der Waals surface area (Å²) >= 11 is 0. The third-order valence-electron chi connectivity index (χ3n) is 2.88. The van der Waals surface area contributed by atoms with E-state index in [1.807, 2.05) is 17.0 Å². The summed E-state index contributed by atoms with van der Waals surface area (Å²) in [5.41, 5.74) is 1.06. The van der Waals surface area contributed by atoms with Gasteiger partial charge in [-0.25, -0.2) is 4.98 Å². The molecule has 1 amide bonds. The van der Waals surface area contributed by atoms with Crippen LogP contribution < -0.4 is 5.32 Å². The largest absolute Gasteiger partial charge is 0.370 e. The molecule has 2 rings (SSSR count). The van der Waals surface area contributed by atoms with E-state index < -0.39 is 0 Å². The fraction of sp³-hybridized carbons (Fsp3) is 0.538. The number of pyridine rings is 1. The lowest BCUT2D eigenvalue weighted by atomic mass is 10.2. The van der Waals surface area contributed by atoms with Crippen LogP contribution in [0.1, 0.15) is 18.9 Å². The molecule has 0 spiro atoms. The number of ether oxygens (including phenoxy) is 1. The van der Waals surface area contributed by atoms with Crippen LogP contribution in [0.15, 0.2) is 18.3 Å². The number of morpholine rings is 1. The van der Waals surface area contributed by atoms with E-state index in [1.165, 1.54) is 0 Å². The Labute approximate surface area is 107 Å². The Morgan fingerprint density at radius 2 is 2.44 bits per heavy atom. The van der Waals surface area contributed by atoms with Gasteiger partial charge in [0.2, 0.25) is 5.91 Å². The molecule has 2 heterocycles. The highest BCUT2D eigenvalue weighted by Crippen LogP contribution is 2.15. The van der Waals surface area contributed by atoms with Gasteiger partial charge in [-0.3, -0.25) is 4.79 Å². The molecule has 0 radical (unpaired) electrons. The number of hydrogen-bond acceptors (Lipinski definition) is 4. The molecule has 1 saturated heterocycles. The van der Waals surface area contributed by atoms with E-state index in [9.17, 15) is 4.79 Å². The van der Waals surface area contributed by atoms with Crippen LogP contribution in [0, 0.1) is 0 Å². The summed E-state index contributed by atoms with van der Waals surface area (Å²) < 4.78 is 5.12. The van der Waals surface area contributed by atoms with Crippen molar-refractivity contribution >= 4 is 11.7 Å². The second-order valence-corrected chi connectivity index (χ2v) is 4.31. The van der Waals surface area contributed by atoms with Gasteiger partial charge in [-0.2, -0.15) is 0 Å². The molecule has 5 nitrogen and oxygen atoms in total. The number of anilines is 1. The minimum Gasteiger partial charge on any atom is -0.370 e. The van der Waals surface area contributed by atoms with Crippen molar-refractivity contribution in [1.82, 2.24) is 9.88 Å². The number of nitrogens with zero attached hydrogens (tertiary/aromatic N) is 2. The lowest BCUT2D eigenvalue weighted by Gasteiger charge is -2.27. The molecule has 1 fully saturated rings. The van der Waals surface area contributed by atoms with Gasteiger partial charge >= 0.3 is 0 Å². The minimum absolute atomic E-state index is 0.0477. The molecule has 0 atom stereocenters. The van der Waals surface area contributed by atoms with E-state index in [-0.39, 0.29) is 12.5 Å². The number of carbonyl (C=O) groups is 1. The molecule has 18 heavy (non-hydrogen) atoms. The fourth-order valence-corrected chi connectivity index (χ4v) is 1.89. The van der Waals surface area contributed by atoms with Gasteiger partial charge in [0.1, 0.15) is 12.4 Å².